The number of halogens is 4. The second-order valence-electron chi connectivity index (χ2n) is 5.62. The molecule has 3 heterocycles. The van der Waals surface area contributed by atoms with Crippen molar-refractivity contribution in [3.8, 4) is 11.3 Å². The van der Waals surface area contributed by atoms with Crippen LogP contribution in [0.1, 0.15) is 25.1 Å². The number of rotatable bonds is 6. The van der Waals surface area contributed by atoms with Gasteiger partial charge < -0.3 is 0 Å². The third-order valence-corrected chi connectivity index (χ3v) is 3.74. The van der Waals surface area contributed by atoms with Gasteiger partial charge in [0.2, 0.25) is 11.9 Å². The van der Waals surface area contributed by atoms with Gasteiger partial charge in [-0.25, -0.2) is 20.1 Å². The first-order chi connectivity index (χ1) is 13.3. The van der Waals surface area contributed by atoms with Gasteiger partial charge in [-0.05, 0) is 19.9 Å². The maximum atomic E-state index is 13.9. The Morgan fingerprint density at radius 3 is 2.54 bits per heavy atom. The number of hydrogen-bond donors (Lipinski definition) is 1. The minimum Gasteiger partial charge on any atom is -0.272 e. The Hall–Kier alpha value is -3.31. The molecule has 0 aliphatic carbocycles. The summed E-state index contributed by atoms with van der Waals surface area (Å²) in [7, 11) is 0. The molecule has 0 aliphatic rings. The molecule has 8 nitrogen and oxygen atoms in total. The molecule has 0 aromatic carbocycles. The molecule has 1 N–H and O–H groups in total. The minimum absolute atomic E-state index is 0.0321. The zero-order chi connectivity index (χ0) is 20.3. The van der Waals surface area contributed by atoms with E-state index in [1.54, 1.807) is 17.8 Å². The molecule has 148 valence electrons. The number of hydrogen-bond acceptors (Lipinski definition) is 6. The number of nitrogens with one attached hydrogen (secondary N) is 1. The smallest absolute Gasteiger partial charge is 0.272 e. The van der Waals surface area contributed by atoms with E-state index in [1.807, 2.05) is 6.92 Å². The Kier molecular flexibility index (Phi) is 5.38. The van der Waals surface area contributed by atoms with Gasteiger partial charge in [0.1, 0.15) is 0 Å². The molecule has 0 bridgehead atoms. The van der Waals surface area contributed by atoms with Crippen LogP contribution in [-0.4, -0.2) is 35.7 Å². The van der Waals surface area contributed by atoms with Crippen LogP contribution >= 0.6 is 0 Å². The normalized spacial score (nSPS) is 12.1. The van der Waals surface area contributed by atoms with E-state index in [2.05, 4.69) is 30.7 Å². The first-order valence-electron chi connectivity index (χ1n) is 8.31. The van der Waals surface area contributed by atoms with Crippen LogP contribution in [0.5, 0.6) is 0 Å². The lowest BCUT2D eigenvalue weighted by atomic mass is 10.2. The quantitative estimate of drug-likeness (QED) is 0.393. The standard InChI is InChI=1S/C16H16F4N8/c1-3-27-9-11(8-22-27)12-5-13(16(18,19)20)25-15(24-12)26-21-6-10-7-23-28(4-2)14(10)17/h5-9H,3-4H2,1-2H3,(H,24,25,26)/b21-6+. The SMILES string of the molecule is CCn1cc(-c2cc(C(F)(F)F)nc(N/N=C/c3cnn(CC)c3F)n2)cn1. The van der Waals surface area contributed by atoms with E-state index >= 15 is 0 Å². The van der Waals surface area contributed by atoms with E-state index in [0.29, 0.717) is 18.7 Å². The number of hydrazone groups is 1. The van der Waals surface area contributed by atoms with Crippen LogP contribution in [0.25, 0.3) is 11.3 Å². The summed E-state index contributed by atoms with van der Waals surface area (Å²) in [5, 5.41) is 11.6. The Morgan fingerprint density at radius 1 is 1.14 bits per heavy atom. The number of aryl methyl sites for hydroxylation is 2. The van der Waals surface area contributed by atoms with Gasteiger partial charge in [-0.1, -0.05) is 0 Å². The van der Waals surface area contributed by atoms with Crippen molar-refractivity contribution in [3.05, 3.63) is 41.9 Å². The summed E-state index contributed by atoms with van der Waals surface area (Å²) in [6.07, 6.45) is 0.652. The Bertz CT molecular complexity index is 989. The fourth-order valence-corrected chi connectivity index (χ4v) is 2.31. The lowest BCUT2D eigenvalue weighted by molar-refractivity contribution is -0.141. The molecular weight excluding hydrogens is 380 g/mol. The highest BCUT2D eigenvalue weighted by Gasteiger charge is 2.34. The number of alkyl halides is 3. The molecule has 3 aromatic rings. The molecule has 3 rings (SSSR count). The first-order valence-corrected chi connectivity index (χ1v) is 8.31. The molecule has 0 aliphatic heterocycles. The van der Waals surface area contributed by atoms with Crippen LogP contribution in [0.2, 0.25) is 0 Å². The second-order valence-corrected chi connectivity index (χ2v) is 5.62. The summed E-state index contributed by atoms with van der Waals surface area (Å²) >= 11 is 0. The van der Waals surface area contributed by atoms with Crippen molar-refractivity contribution in [1.29, 1.82) is 0 Å². The highest BCUT2D eigenvalue weighted by molar-refractivity contribution is 5.79. The second kappa shape index (κ2) is 7.74. The van der Waals surface area contributed by atoms with Crippen LogP contribution in [0, 0.1) is 5.95 Å². The van der Waals surface area contributed by atoms with Crippen molar-refractivity contribution >= 4 is 12.2 Å². The Morgan fingerprint density at radius 2 is 1.93 bits per heavy atom. The summed E-state index contributed by atoms with van der Waals surface area (Å²) < 4.78 is 56.1. The van der Waals surface area contributed by atoms with Gasteiger partial charge >= 0.3 is 6.18 Å². The van der Waals surface area contributed by atoms with E-state index < -0.39 is 17.8 Å². The molecule has 0 spiro atoms. The zero-order valence-electron chi connectivity index (χ0n) is 14.9. The molecular formula is C16H16F4N8. The topological polar surface area (TPSA) is 85.8 Å². The van der Waals surface area contributed by atoms with Crippen LogP contribution in [-0.2, 0) is 19.3 Å². The average Bonchev–Trinajstić information content (AvgIpc) is 3.28. The highest BCUT2D eigenvalue weighted by Crippen LogP contribution is 2.31. The van der Waals surface area contributed by atoms with Crippen molar-refractivity contribution in [2.24, 2.45) is 5.10 Å². The Balaban J connectivity index is 1.90. The number of nitrogens with zero attached hydrogens (tertiary/aromatic N) is 7. The summed E-state index contributed by atoms with van der Waals surface area (Å²) in [5.41, 5.74) is 1.68. The van der Waals surface area contributed by atoms with E-state index in [-0.39, 0.29) is 17.2 Å². The molecule has 0 saturated heterocycles. The summed E-state index contributed by atoms with van der Waals surface area (Å²) in [6.45, 7) is 4.45. The average molecular weight is 396 g/mol. The van der Waals surface area contributed by atoms with E-state index in [9.17, 15) is 17.6 Å². The zero-order valence-corrected chi connectivity index (χ0v) is 14.9. The summed E-state index contributed by atoms with van der Waals surface area (Å²) in [6, 6.07) is 0.830. The predicted molar refractivity (Wildman–Crippen MR) is 93.0 cm³/mol. The monoisotopic (exact) mass is 396 g/mol. The Labute approximate surface area is 156 Å². The molecule has 0 atom stereocenters. The third kappa shape index (κ3) is 4.15. The largest absolute Gasteiger partial charge is 0.433 e. The molecule has 0 unspecified atom stereocenters. The van der Waals surface area contributed by atoms with Crippen molar-refractivity contribution in [2.75, 3.05) is 5.43 Å². The highest BCUT2D eigenvalue weighted by atomic mass is 19.4. The van der Waals surface area contributed by atoms with Gasteiger partial charge in [0.25, 0.3) is 0 Å². The third-order valence-electron chi connectivity index (χ3n) is 3.74. The molecule has 3 aromatic heterocycles. The predicted octanol–water partition coefficient (Wildman–Crippen LogP) is 3.18. The molecule has 0 saturated carbocycles. The fraction of sp³-hybridized carbons (Fsp3) is 0.312. The van der Waals surface area contributed by atoms with Gasteiger partial charge in [0.15, 0.2) is 5.69 Å². The first kappa shape index (κ1) is 19.5. The van der Waals surface area contributed by atoms with Crippen LogP contribution < -0.4 is 5.43 Å². The maximum Gasteiger partial charge on any atom is 0.433 e. The van der Waals surface area contributed by atoms with Crippen molar-refractivity contribution in [1.82, 2.24) is 29.5 Å². The van der Waals surface area contributed by atoms with Crippen LogP contribution in [0.15, 0.2) is 29.8 Å². The summed E-state index contributed by atoms with van der Waals surface area (Å²) in [5.74, 6) is -0.987. The molecule has 0 amide bonds. The van der Waals surface area contributed by atoms with Gasteiger partial charge in [0, 0.05) is 24.8 Å². The molecule has 28 heavy (non-hydrogen) atoms. The van der Waals surface area contributed by atoms with Crippen LogP contribution in [0.3, 0.4) is 0 Å². The minimum atomic E-state index is -4.67. The van der Waals surface area contributed by atoms with Crippen molar-refractivity contribution in [3.63, 3.8) is 0 Å². The van der Waals surface area contributed by atoms with Gasteiger partial charge in [-0.3, -0.25) is 4.68 Å². The van der Waals surface area contributed by atoms with Gasteiger partial charge in [-0.2, -0.15) is 32.9 Å². The van der Waals surface area contributed by atoms with Crippen LogP contribution in [0.4, 0.5) is 23.5 Å². The number of aromatic nitrogens is 6. The van der Waals surface area contributed by atoms with Crippen molar-refractivity contribution in [2.45, 2.75) is 33.1 Å². The molecule has 0 fully saturated rings. The van der Waals surface area contributed by atoms with Crippen molar-refractivity contribution < 1.29 is 17.6 Å². The lowest BCUT2D eigenvalue weighted by Crippen LogP contribution is -2.11. The van der Waals surface area contributed by atoms with Gasteiger partial charge in [0.05, 0.1) is 29.9 Å². The maximum absolute atomic E-state index is 13.9. The lowest BCUT2D eigenvalue weighted by Gasteiger charge is -2.09. The summed E-state index contributed by atoms with van der Waals surface area (Å²) in [4.78, 5) is 7.47. The van der Waals surface area contributed by atoms with Gasteiger partial charge in [-0.15, -0.1) is 0 Å². The fourth-order valence-electron chi connectivity index (χ4n) is 2.31. The molecule has 12 heteroatoms. The van der Waals surface area contributed by atoms with E-state index in [0.717, 1.165) is 17.0 Å². The molecule has 0 radical (unpaired) electrons. The van der Waals surface area contributed by atoms with E-state index in [1.165, 1.54) is 12.4 Å². The number of anilines is 1. The van der Waals surface area contributed by atoms with E-state index in [4.69, 9.17) is 0 Å².